The van der Waals surface area contributed by atoms with Gasteiger partial charge in [0.25, 0.3) is 0 Å². The first-order chi connectivity index (χ1) is 6.17. The van der Waals surface area contributed by atoms with Crippen LogP contribution in [-0.4, -0.2) is 32.7 Å². The van der Waals surface area contributed by atoms with E-state index < -0.39 is 0 Å². The molecule has 1 fully saturated rings. The smallest absolute Gasteiger partial charge is 0.0477 e. The molecule has 0 amide bonds. The highest BCUT2D eigenvalue weighted by Crippen LogP contribution is 2.20. The molecule has 0 unspecified atom stereocenters. The van der Waals surface area contributed by atoms with E-state index in [1.54, 1.807) is 0 Å². The van der Waals surface area contributed by atoms with Gasteiger partial charge in [0.15, 0.2) is 0 Å². The summed E-state index contributed by atoms with van der Waals surface area (Å²) in [4.78, 5) is 2.70. The molecule has 0 spiro atoms. The van der Waals surface area contributed by atoms with Gasteiger partial charge >= 0.3 is 0 Å². The van der Waals surface area contributed by atoms with E-state index in [0.717, 1.165) is 0 Å². The third-order valence-corrected chi connectivity index (χ3v) is 5.54. The van der Waals surface area contributed by atoms with Crippen LogP contribution in [0.4, 0.5) is 0 Å². The molecule has 0 saturated carbocycles. The zero-order valence-corrected chi connectivity index (χ0v) is 10.6. The van der Waals surface area contributed by atoms with Gasteiger partial charge in [-0.25, -0.2) is 0 Å². The summed E-state index contributed by atoms with van der Waals surface area (Å²) in [5.41, 5.74) is 0. The van der Waals surface area contributed by atoms with E-state index in [1.807, 2.05) is 0 Å². The van der Waals surface area contributed by atoms with E-state index >= 15 is 0 Å². The Bertz CT molecular complexity index is 159. The molecule has 1 aliphatic heterocycles. The van der Waals surface area contributed by atoms with E-state index in [1.165, 1.54) is 38.4 Å². The zero-order chi connectivity index (χ0) is 9.73. The van der Waals surface area contributed by atoms with Gasteiger partial charge in [0.2, 0.25) is 0 Å². The summed E-state index contributed by atoms with van der Waals surface area (Å²) < 4.78 is 0. The van der Waals surface area contributed by atoms with Gasteiger partial charge in [0.05, 0.1) is 0 Å². The molecule has 0 N–H and O–H groups in total. The second-order valence-electron chi connectivity index (χ2n) is 4.69. The van der Waals surface area contributed by atoms with Crippen LogP contribution in [-0.2, 0) is 0 Å². The minimum atomic E-state index is 0.00224. The summed E-state index contributed by atoms with van der Waals surface area (Å²) >= 11 is 0. The second kappa shape index (κ2) is 4.96. The lowest BCUT2D eigenvalue weighted by molar-refractivity contribution is 0.154. The molecule has 1 heterocycles. The predicted octanol–water partition coefficient (Wildman–Crippen LogP) is 1.98. The average molecular weight is 197 g/mol. The number of hydrogen-bond acceptors (Lipinski definition) is 1. The SMILES string of the molecule is C=CC[SiH2]C(C)(C)N1CCCCC1. The van der Waals surface area contributed by atoms with Gasteiger partial charge in [-0.05, 0) is 32.0 Å². The van der Waals surface area contributed by atoms with Gasteiger partial charge in [-0.1, -0.05) is 26.3 Å². The Hall–Kier alpha value is -0.0831. The zero-order valence-electron chi connectivity index (χ0n) is 9.18. The molecule has 1 nitrogen and oxygen atoms in total. The van der Waals surface area contributed by atoms with Crippen LogP contribution in [0.25, 0.3) is 0 Å². The Labute approximate surface area is 85.0 Å². The van der Waals surface area contributed by atoms with E-state index in [4.69, 9.17) is 0 Å². The van der Waals surface area contributed by atoms with Gasteiger partial charge in [-0.3, -0.25) is 0 Å². The molecule has 0 atom stereocenters. The normalized spacial score (nSPS) is 21.1. The van der Waals surface area contributed by atoms with E-state index in [9.17, 15) is 0 Å². The van der Waals surface area contributed by atoms with Gasteiger partial charge in [0.1, 0.15) is 0 Å². The number of piperidine rings is 1. The Morgan fingerprint density at radius 2 is 1.92 bits per heavy atom. The Morgan fingerprint density at radius 3 is 2.46 bits per heavy atom. The van der Waals surface area contributed by atoms with Gasteiger partial charge < -0.3 is 4.90 Å². The summed E-state index contributed by atoms with van der Waals surface area (Å²) in [6, 6.07) is 1.28. The van der Waals surface area contributed by atoms with Crippen molar-refractivity contribution in [3.63, 3.8) is 0 Å². The second-order valence-corrected chi connectivity index (χ2v) is 7.50. The minimum Gasteiger partial charge on any atom is -0.301 e. The molecule has 0 aromatic heterocycles. The van der Waals surface area contributed by atoms with E-state index in [0.29, 0.717) is 5.16 Å². The van der Waals surface area contributed by atoms with Crippen LogP contribution < -0.4 is 0 Å². The number of nitrogens with zero attached hydrogens (tertiary/aromatic N) is 1. The van der Waals surface area contributed by atoms with Crippen molar-refractivity contribution in [2.45, 2.75) is 44.3 Å². The van der Waals surface area contributed by atoms with Crippen LogP contribution in [0, 0.1) is 0 Å². The number of rotatable bonds is 4. The third kappa shape index (κ3) is 3.28. The molecule has 0 aromatic carbocycles. The van der Waals surface area contributed by atoms with Crippen LogP contribution in [0.2, 0.25) is 6.04 Å². The van der Waals surface area contributed by atoms with Crippen LogP contribution in [0.5, 0.6) is 0 Å². The van der Waals surface area contributed by atoms with Crippen LogP contribution in [0.15, 0.2) is 12.7 Å². The Kier molecular flexibility index (Phi) is 4.20. The summed E-state index contributed by atoms with van der Waals surface area (Å²) in [5.74, 6) is 0. The fraction of sp³-hybridized carbons (Fsp3) is 0.818. The monoisotopic (exact) mass is 197 g/mol. The highest BCUT2D eigenvalue weighted by molar-refractivity contribution is 6.40. The maximum absolute atomic E-state index is 3.83. The summed E-state index contributed by atoms with van der Waals surface area (Å²) in [6.07, 6.45) is 6.35. The largest absolute Gasteiger partial charge is 0.301 e. The Balaban J connectivity index is 2.40. The van der Waals surface area contributed by atoms with Gasteiger partial charge in [-0.2, -0.15) is 0 Å². The fourth-order valence-electron chi connectivity index (χ4n) is 2.11. The lowest BCUT2D eigenvalue weighted by Gasteiger charge is -2.41. The average Bonchev–Trinajstić information content (AvgIpc) is 2.16. The first-order valence-corrected chi connectivity index (χ1v) is 7.23. The number of allylic oxidation sites excluding steroid dienone is 1. The molecule has 13 heavy (non-hydrogen) atoms. The first kappa shape index (κ1) is 11.0. The lowest BCUT2D eigenvalue weighted by Crippen LogP contribution is -2.50. The van der Waals surface area contributed by atoms with Crippen molar-refractivity contribution in [3.8, 4) is 0 Å². The molecule has 76 valence electrons. The predicted molar refractivity (Wildman–Crippen MR) is 63.1 cm³/mol. The van der Waals surface area contributed by atoms with E-state index in [-0.39, 0.29) is 9.52 Å². The van der Waals surface area contributed by atoms with Crippen molar-refractivity contribution in [3.05, 3.63) is 12.7 Å². The van der Waals surface area contributed by atoms with Gasteiger partial charge in [0, 0.05) is 14.7 Å². The molecular formula is C11H23NSi. The lowest BCUT2D eigenvalue weighted by atomic mass is 10.1. The molecule has 0 radical (unpaired) electrons. The van der Waals surface area contributed by atoms with Crippen molar-refractivity contribution >= 4 is 9.52 Å². The molecule has 1 aliphatic rings. The maximum Gasteiger partial charge on any atom is 0.0477 e. The summed E-state index contributed by atoms with van der Waals surface area (Å²) in [5, 5.41) is 0.522. The van der Waals surface area contributed by atoms with E-state index in [2.05, 4.69) is 31.4 Å². The topological polar surface area (TPSA) is 3.24 Å². The summed E-state index contributed by atoms with van der Waals surface area (Å²) in [7, 11) is 0.00224. The molecular weight excluding hydrogens is 174 g/mol. The Morgan fingerprint density at radius 1 is 1.31 bits per heavy atom. The van der Waals surface area contributed by atoms with Crippen molar-refractivity contribution in [2.75, 3.05) is 13.1 Å². The highest BCUT2D eigenvalue weighted by atomic mass is 28.2. The quantitative estimate of drug-likeness (QED) is 0.492. The molecule has 0 aromatic rings. The van der Waals surface area contributed by atoms with Crippen molar-refractivity contribution < 1.29 is 0 Å². The minimum absolute atomic E-state index is 0.00224. The van der Waals surface area contributed by atoms with Crippen LogP contribution in [0.3, 0.4) is 0 Å². The van der Waals surface area contributed by atoms with Crippen molar-refractivity contribution in [1.29, 1.82) is 0 Å². The fourth-order valence-corrected chi connectivity index (χ4v) is 3.66. The van der Waals surface area contributed by atoms with Crippen LogP contribution >= 0.6 is 0 Å². The van der Waals surface area contributed by atoms with Crippen molar-refractivity contribution in [1.82, 2.24) is 4.90 Å². The highest BCUT2D eigenvalue weighted by Gasteiger charge is 2.26. The standard InChI is InChI=1S/C11H23NSi/c1-4-10-13-11(2,3)12-8-6-5-7-9-12/h4H,1,5-10,13H2,2-3H3. The first-order valence-electron chi connectivity index (χ1n) is 5.53. The number of likely N-dealkylation sites (tertiary alicyclic amines) is 1. The molecule has 0 bridgehead atoms. The van der Waals surface area contributed by atoms with Gasteiger partial charge in [-0.15, -0.1) is 6.58 Å². The summed E-state index contributed by atoms with van der Waals surface area (Å²) in [6.45, 7) is 11.3. The molecule has 1 rings (SSSR count). The van der Waals surface area contributed by atoms with Crippen LogP contribution in [0.1, 0.15) is 33.1 Å². The third-order valence-electron chi connectivity index (χ3n) is 3.17. The number of hydrogen-bond donors (Lipinski definition) is 0. The molecule has 2 heteroatoms. The van der Waals surface area contributed by atoms with Crippen molar-refractivity contribution in [2.24, 2.45) is 0 Å². The maximum atomic E-state index is 3.83. The molecule has 0 aliphatic carbocycles. The molecule has 1 saturated heterocycles.